The lowest BCUT2D eigenvalue weighted by Crippen LogP contribution is -2.37. The van der Waals surface area contributed by atoms with E-state index in [1.54, 1.807) is 36.6 Å². The maximum Gasteiger partial charge on any atom is 0.265 e. The van der Waals surface area contributed by atoms with Gasteiger partial charge in [0.25, 0.3) is 17.4 Å². The summed E-state index contributed by atoms with van der Waals surface area (Å²) in [5, 5.41) is 13.1. The lowest BCUT2D eigenvalue weighted by molar-refractivity contribution is -0.123. The summed E-state index contributed by atoms with van der Waals surface area (Å²) < 4.78 is 9.28. The molecule has 2 heterocycles. The van der Waals surface area contributed by atoms with Crippen LogP contribution >= 0.6 is 11.6 Å². The quantitative estimate of drug-likeness (QED) is 0.0994. The lowest BCUT2D eigenvalue weighted by Gasteiger charge is -2.25. The molecule has 2 aromatic heterocycles. The molecule has 0 aliphatic heterocycles. The first-order valence-corrected chi connectivity index (χ1v) is 19.8. The van der Waals surface area contributed by atoms with E-state index in [4.69, 9.17) is 21.3 Å². The van der Waals surface area contributed by atoms with E-state index in [0.29, 0.717) is 47.0 Å². The zero-order valence-electron chi connectivity index (χ0n) is 33.1. The van der Waals surface area contributed by atoms with Gasteiger partial charge in [-0.05, 0) is 99.2 Å². The molecule has 11 nitrogen and oxygen atoms in total. The van der Waals surface area contributed by atoms with Crippen LogP contribution in [-0.4, -0.2) is 42.2 Å². The van der Waals surface area contributed by atoms with Crippen LogP contribution < -0.4 is 20.9 Å². The Morgan fingerprint density at radius 2 is 1.61 bits per heavy atom. The first-order valence-electron chi connectivity index (χ1n) is 19.4. The van der Waals surface area contributed by atoms with Crippen molar-refractivity contribution < 1.29 is 14.3 Å². The Balaban J connectivity index is 1.40. The lowest BCUT2D eigenvalue weighted by atomic mass is 9.98. The van der Waals surface area contributed by atoms with Crippen LogP contribution in [0.3, 0.4) is 0 Å². The fourth-order valence-corrected chi connectivity index (χ4v) is 7.30. The molecule has 2 N–H and O–H groups in total. The Bertz CT molecular complexity index is 2460. The summed E-state index contributed by atoms with van der Waals surface area (Å²) in [5.41, 5.74) is 2.96. The second-order valence-corrected chi connectivity index (χ2v) is 14.9. The normalized spacial score (nSPS) is 13.1. The van der Waals surface area contributed by atoms with Crippen LogP contribution in [0.2, 0.25) is 5.02 Å². The van der Waals surface area contributed by atoms with Crippen molar-refractivity contribution in [3.8, 4) is 5.75 Å². The molecule has 3 atom stereocenters. The molecule has 6 aromatic rings. The summed E-state index contributed by atoms with van der Waals surface area (Å²) in [6, 6.07) is 21.1. The van der Waals surface area contributed by atoms with E-state index in [1.807, 2.05) is 75.4 Å². The largest absolute Gasteiger partial charge is 0.480 e. The number of aryl methyl sites for hydroxylation is 4. The topological polar surface area (TPSA) is 133 Å². The number of ether oxygens (including phenoxy) is 1. The summed E-state index contributed by atoms with van der Waals surface area (Å²) >= 11 is 6.70. The second kappa shape index (κ2) is 17.5. The van der Waals surface area contributed by atoms with Gasteiger partial charge in [0.05, 0.1) is 21.6 Å². The molecule has 4 aromatic carbocycles. The molecule has 0 radical (unpaired) electrons. The van der Waals surface area contributed by atoms with E-state index in [-0.39, 0.29) is 33.9 Å². The molecule has 56 heavy (non-hydrogen) atoms. The number of nitrogens with one attached hydrogen (secondary N) is 2. The van der Waals surface area contributed by atoms with Gasteiger partial charge in [0, 0.05) is 12.2 Å². The van der Waals surface area contributed by atoms with Crippen LogP contribution in [0.1, 0.15) is 87.5 Å². The maximum absolute atomic E-state index is 14.8. The van der Waals surface area contributed by atoms with E-state index in [1.165, 1.54) is 4.68 Å². The molecular weight excluding hydrogens is 726 g/mol. The Kier molecular flexibility index (Phi) is 12.5. The van der Waals surface area contributed by atoms with E-state index in [2.05, 4.69) is 34.6 Å². The first-order chi connectivity index (χ1) is 26.9. The summed E-state index contributed by atoms with van der Waals surface area (Å²) in [7, 11) is 0. The van der Waals surface area contributed by atoms with Crippen LogP contribution in [0.15, 0.2) is 77.6 Å². The molecule has 3 unspecified atom stereocenters. The number of amides is 2. The zero-order chi connectivity index (χ0) is 40.1. The molecule has 0 aliphatic carbocycles. The maximum atomic E-state index is 14.8. The Morgan fingerprint density at radius 1 is 0.857 bits per heavy atom. The third-order valence-electron chi connectivity index (χ3n) is 10.2. The number of nitrogens with zero attached hydrogens (tertiary/aromatic N) is 5. The van der Waals surface area contributed by atoms with Crippen molar-refractivity contribution in [2.45, 2.75) is 99.3 Å². The number of halogens is 1. The van der Waals surface area contributed by atoms with Gasteiger partial charge in [-0.3, -0.25) is 19.0 Å². The predicted molar refractivity (Wildman–Crippen MR) is 224 cm³/mol. The van der Waals surface area contributed by atoms with E-state index in [9.17, 15) is 14.4 Å². The Hall–Kier alpha value is -5.55. The van der Waals surface area contributed by atoms with Gasteiger partial charge in [-0.25, -0.2) is 14.6 Å². The second-order valence-electron chi connectivity index (χ2n) is 14.5. The monoisotopic (exact) mass is 775 g/mol. The SMILES string of the molecule is CCCCC(CC)Cn1c(C(C(=O)Nc2cc(NC(=O)C(CC)Oc3ccc(C)cc3C)ccc2Cl)n2nc(C)nc2C)nc2cc3ccccc3cc2c1=O. The highest BCUT2D eigenvalue weighted by Crippen LogP contribution is 2.30. The Morgan fingerprint density at radius 3 is 2.27 bits per heavy atom. The van der Waals surface area contributed by atoms with Gasteiger partial charge in [0.2, 0.25) is 0 Å². The predicted octanol–water partition coefficient (Wildman–Crippen LogP) is 9.27. The molecule has 0 saturated heterocycles. The van der Waals surface area contributed by atoms with Crippen molar-refractivity contribution in [2.24, 2.45) is 5.92 Å². The number of aromatic nitrogens is 5. The van der Waals surface area contributed by atoms with Gasteiger partial charge >= 0.3 is 0 Å². The molecule has 0 aliphatic rings. The van der Waals surface area contributed by atoms with Crippen LogP contribution in [0.25, 0.3) is 21.7 Å². The zero-order valence-corrected chi connectivity index (χ0v) is 33.9. The van der Waals surface area contributed by atoms with E-state index < -0.39 is 18.1 Å². The van der Waals surface area contributed by atoms with Crippen molar-refractivity contribution in [1.82, 2.24) is 24.3 Å². The molecule has 0 saturated carbocycles. The number of fused-ring (bicyclic) bond motifs is 2. The van der Waals surface area contributed by atoms with Crippen molar-refractivity contribution in [2.75, 3.05) is 10.6 Å². The number of benzene rings is 4. The van der Waals surface area contributed by atoms with Gasteiger partial charge in [0.15, 0.2) is 12.1 Å². The number of anilines is 2. The van der Waals surface area contributed by atoms with E-state index in [0.717, 1.165) is 47.6 Å². The third kappa shape index (κ3) is 8.78. The fraction of sp³-hybridized carbons (Fsp3) is 0.364. The van der Waals surface area contributed by atoms with Crippen molar-refractivity contribution in [3.63, 3.8) is 0 Å². The number of carbonyl (C=O) groups is 2. The standard InChI is InChI=1S/C44H50ClN7O4/c1-8-11-14-30(9-2)25-51-41(48-36-23-32-16-13-12-15-31(32)22-34(36)44(51)55)40(52-29(7)46-28(6)50-52)43(54)49-37-24-33(18-19-35(37)45)47-42(53)38(10-3)56-39-20-17-26(4)21-27(39)5/h12-13,15-24,30,38,40H,8-11,14,25H2,1-7H3,(H,47,53)(H,49,54). The molecule has 0 fully saturated rings. The number of unbranched alkanes of at least 4 members (excludes halogenated alkanes) is 1. The Labute approximate surface area is 332 Å². The molecule has 6 rings (SSSR count). The summed E-state index contributed by atoms with van der Waals surface area (Å²) in [6.45, 7) is 14.0. The van der Waals surface area contributed by atoms with Gasteiger partial charge in [-0.15, -0.1) is 0 Å². The highest BCUT2D eigenvalue weighted by Gasteiger charge is 2.33. The molecule has 292 valence electrons. The minimum atomic E-state index is -1.20. The van der Waals surface area contributed by atoms with Crippen LogP contribution in [0, 0.1) is 33.6 Å². The number of rotatable bonds is 15. The van der Waals surface area contributed by atoms with Gasteiger partial charge in [-0.1, -0.05) is 93.6 Å². The molecule has 2 amide bonds. The highest BCUT2D eigenvalue weighted by atomic mass is 35.5. The highest BCUT2D eigenvalue weighted by molar-refractivity contribution is 6.34. The number of hydrogen-bond acceptors (Lipinski definition) is 7. The van der Waals surface area contributed by atoms with Crippen molar-refractivity contribution in [3.05, 3.63) is 117 Å². The summed E-state index contributed by atoms with van der Waals surface area (Å²) in [4.78, 5) is 52.5. The molecular formula is C44H50ClN7O4. The number of hydrogen-bond donors (Lipinski definition) is 2. The fourth-order valence-electron chi connectivity index (χ4n) is 7.13. The average Bonchev–Trinajstić information content (AvgIpc) is 3.51. The van der Waals surface area contributed by atoms with Gasteiger partial charge in [-0.2, -0.15) is 5.10 Å². The molecule has 0 spiro atoms. The minimum absolute atomic E-state index is 0.175. The van der Waals surface area contributed by atoms with Gasteiger partial charge in [0.1, 0.15) is 23.2 Å². The van der Waals surface area contributed by atoms with Gasteiger partial charge < -0.3 is 15.4 Å². The summed E-state index contributed by atoms with van der Waals surface area (Å²) in [5.74, 6) is 1.12. The van der Waals surface area contributed by atoms with E-state index >= 15 is 0 Å². The van der Waals surface area contributed by atoms with Crippen molar-refractivity contribution in [1.29, 1.82) is 0 Å². The average molecular weight is 776 g/mol. The van der Waals surface area contributed by atoms with Crippen molar-refractivity contribution >= 4 is 56.5 Å². The van der Waals surface area contributed by atoms with Crippen LogP contribution in [-0.2, 0) is 16.1 Å². The summed E-state index contributed by atoms with van der Waals surface area (Å²) in [6.07, 6.45) is 3.49. The first kappa shape index (κ1) is 40.1. The van der Waals surface area contributed by atoms with Crippen LogP contribution in [0.5, 0.6) is 5.75 Å². The number of carbonyl (C=O) groups excluding carboxylic acids is 2. The molecule has 0 bridgehead atoms. The minimum Gasteiger partial charge on any atom is -0.480 e. The van der Waals surface area contributed by atoms with Crippen LogP contribution in [0.4, 0.5) is 11.4 Å². The third-order valence-corrected chi connectivity index (χ3v) is 10.6. The molecule has 12 heteroatoms. The smallest absolute Gasteiger partial charge is 0.265 e.